The Morgan fingerprint density at radius 2 is 1.59 bits per heavy atom. The molecule has 3 rings (SSSR count). The second kappa shape index (κ2) is 11.2. The Hall–Kier alpha value is 0.0843. The van der Waals surface area contributed by atoms with Crippen molar-refractivity contribution >= 4 is 10.8 Å². The van der Waals surface area contributed by atoms with Crippen LogP contribution in [0.5, 0.6) is 0 Å². The molecule has 1 fully saturated rings. The zero-order valence-corrected chi connectivity index (χ0v) is 12.6. The maximum Gasteiger partial charge on any atom is 4.00 e. The van der Waals surface area contributed by atoms with Gasteiger partial charge in [0.05, 0.1) is 0 Å². The third kappa shape index (κ3) is 6.54. The number of halogens is 2. The summed E-state index contributed by atoms with van der Waals surface area (Å²) >= 11 is 0. The minimum atomic E-state index is 0. The molecule has 4 heteroatoms. The summed E-state index contributed by atoms with van der Waals surface area (Å²) in [6, 6.07) is 14.7. The van der Waals surface area contributed by atoms with Gasteiger partial charge in [-0.3, -0.25) is 0 Å². The summed E-state index contributed by atoms with van der Waals surface area (Å²) in [5, 5.41) is 6.75. The van der Waals surface area contributed by atoms with Crippen molar-refractivity contribution in [1.29, 1.82) is 0 Å². The number of benzene rings is 1. The second-order valence-electron chi connectivity index (χ2n) is 3.53. The standard InChI is InChI=1S/C9H7.C4H8N.2ClH.Ti/c1-2-5-9-7-3-6-8(9)4-1;1-2-4-5-3-1;;;/h1-7H;1-4H2;2*1H;/q2*-1;;;+4/p-2. The van der Waals surface area contributed by atoms with Crippen molar-refractivity contribution in [2.75, 3.05) is 13.1 Å². The van der Waals surface area contributed by atoms with Gasteiger partial charge in [-0.25, -0.2) is 0 Å². The maximum atomic E-state index is 4.08. The van der Waals surface area contributed by atoms with Gasteiger partial charge in [-0.05, 0) is 0 Å². The molecule has 90 valence electrons. The average Bonchev–Trinajstić information content (AvgIpc) is 2.92. The molecule has 0 amide bonds. The number of hydrogen-bond acceptors (Lipinski definition) is 0. The third-order valence-electron chi connectivity index (χ3n) is 2.43. The molecule has 1 aliphatic heterocycles. The van der Waals surface area contributed by atoms with E-state index < -0.39 is 0 Å². The first-order valence-electron chi connectivity index (χ1n) is 5.20. The van der Waals surface area contributed by atoms with Crippen molar-refractivity contribution < 1.29 is 46.5 Å². The van der Waals surface area contributed by atoms with E-state index in [-0.39, 0.29) is 46.5 Å². The smallest absolute Gasteiger partial charge is 1.00 e. The largest absolute Gasteiger partial charge is 4.00 e. The van der Waals surface area contributed by atoms with E-state index in [0.717, 1.165) is 13.1 Å². The zero-order chi connectivity index (χ0) is 9.64. The van der Waals surface area contributed by atoms with Gasteiger partial charge in [-0.2, -0.15) is 17.5 Å². The van der Waals surface area contributed by atoms with E-state index in [1.165, 1.54) is 23.6 Å². The van der Waals surface area contributed by atoms with Gasteiger partial charge in [0.2, 0.25) is 0 Å². The molecule has 0 atom stereocenters. The quantitative estimate of drug-likeness (QED) is 0.385. The summed E-state index contributed by atoms with van der Waals surface area (Å²) in [4.78, 5) is 0. The Labute approximate surface area is 130 Å². The molecule has 2 aromatic rings. The molecule has 1 saturated heterocycles. The average molecular weight is 304 g/mol. The van der Waals surface area contributed by atoms with Crippen molar-refractivity contribution in [1.82, 2.24) is 0 Å². The number of nitrogens with zero attached hydrogens (tertiary/aromatic N) is 1. The van der Waals surface area contributed by atoms with Crippen LogP contribution in [0.3, 0.4) is 0 Å². The van der Waals surface area contributed by atoms with Crippen LogP contribution in [0, 0.1) is 0 Å². The fourth-order valence-corrected chi connectivity index (χ4v) is 1.63. The van der Waals surface area contributed by atoms with Gasteiger partial charge < -0.3 is 30.1 Å². The minimum Gasteiger partial charge on any atom is -1.00 e. The fourth-order valence-electron chi connectivity index (χ4n) is 1.63. The van der Waals surface area contributed by atoms with Crippen LogP contribution in [0.15, 0.2) is 42.5 Å². The summed E-state index contributed by atoms with van der Waals surface area (Å²) in [6.07, 6.45) is 2.67. The van der Waals surface area contributed by atoms with Crippen LogP contribution in [-0.2, 0) is 21.7 Å². The SMILES string of the molecule is C1CC[N-]C1.[Cl-].[Cl-].[Ti+4].c1ccc2[cH-]ccc2c1. The summed E-state index contributed by atoms with van der Waals surface area (Å²) < 4.78 is 0. The molecule has 17 heavy (non-hydrogen) atoms. The molecule has 0 unspecified atom stereocenters. The third-order valence-corrected chi connectivity index (χ3v) is 2.43. The van der Waals surface area contributed by atoms with Gasteiger partial charge in [0.1, 0.15) is 0 Å². The van der Waals surface area contributed by atoms with E-state index in [4.69, 9.17) is 0 Å². The predicted octanol–water partition coefficient (Wildman–Crippen LogP) is -2.28. The van der Waals surface area contributed by atoms with Crippen LogP contribution in [0.4, 0.5) is 0 Å². The summed E-state index contributed by atoms with van der Waals surface area (Å²) in [6.45, 7) is 2.25. The van der Waals surface area contributed by atoms with Crippen LogP contribution in [0.1, 0.15) is 12.8 Å². The summed E-state index contributed by atoms with van der Waals surface area (Å²) in [5.41, 5.74) is 0. The molecule has 1 heterocycles. The Bertz CT molecular complexity index is 348. The number of rotatable bonds is 0. The van der Waals surface area contributed by atoms with E-state index in [1.54, 1.807) is 0 Å². The van der Waals surface area contributed by atoms with E-state index in [1.807, 2.05) is 0 Å². The minimum absolute atomic E-state index is 0. The summed E-state index contributed by atoms with van der Waals surface area (Å²) in [7, 11) is 0. The van der Waals surface area contributed by atoms with E-state index >= 15 is 0 Å². The first-order chi connectivity index (χ1) is 6.97. The van der Waals surface area contributed by atoms with Gasteiger partial charge in [-0.1, -0.05) is 18.9 Å². The van der Waals surface area contributed by atoms with Gasteiger partial charge in [-0.15, -0.1) is 42.7 Å². The Morgan fingerprint density at radius 1 is 0.941 bits per heavy atom. The van der Waals surface area contributed by atoms with E-state index in [0.29, 0.717) is 0 Å². The van der Waals surface area contributed by atoms with Gasteiger partial charge >= 0.3 is 21.7 Å². The molecule has 0 radical (unpaired) electrons. The Balaban J connectivity index is 0. The molecule has 0 bridgehead atoms. The van der Waals surface area contributed by atoms with Crippen LogP contribution in [-0.4, -0.2) is 13.1 Å². The zero-order valence-electron chi connectivity index (χ0n) is 9.57. The Kier molecular flexibility index (Phi) is 12.8. The van der Waals surface area contributed by atoms with E-state index in [9.17, 15) is 0 Å². The van der Waals surface area contributed by atoms with Crippen LogP contribution in [0.2, 0.25) is 0 Å². The van der Waals surface area contributed by atoms with Gasteiger partial charge in [0, 0.05) is 0 Å². The molecule has 1 nitrogen and oxygen atoms in total. The first kappa shape index (κ1) is 19.4. The molecule has 0 aromatic heterocycles. The van der Waals surface area contributed by atoms with Crippen molar-refractivity contribution in [3.8, 4) is 0 Å². The molecular formula is C13H15Cl2NTi. The van der Waals surface area contributed by atoms with Crippen LogP contribution in [0.25, 0.3) is 16.1 Å². The fraction of sp³-hybridized carbons (Fsp3) is 0.308. The second-order valence-corrected chi connectivity index (χ2v) is 3.53. The molecule has 0 spiro atoms. The first-order valence-corrected chi connectivity index (χ1v) is 5.20. The van der Waals surface area contributed by atoms with Crippen LogP contribution >= 0.6 is 0 Å². The van der Waals surface area contributed by atoms with Gasteiger partial charge in [0.15, 0.2) is 0 Å². The number of fused-ring (bicyclic) bond motifs is 1. The van der Waals surface area contributed by atoms with Gasteiger partial charge in [0.25, 0.3) is 0 Å². The molecular weight excluding hydrogens is 289 g/mol. The van der Waals surface area contributed by atoms with Crippen molar-refractivity contribution in [2.45, 2.75) is 12.8 Å². The Morgan fingerprint density at radius 3 is 2.12 bits per heavy atom. The molecule has 0 N–H and O–H groups in total. The number of hydrogen-bond donors (Lipinski definition) is 0. The summed E-state index contributed by atoms with van der Waals surface area (Å²) in [5.74, 6) is 0. The van der Waals surface area contributed by atoms with Crippen LogP contribution < -0.4 is 24.8 Å². The van der Waals surface area contributed by atoms with Crippen molar-refractivity contribution in [3.63, 3.8) is 0 Å². The topological polar surface area (TPSA) is 14.1 Å². The molecule has 1 aliphatic rings. The molecule has 2 aromatic carbocycles. The van der Waals surface area contributed by atoms with E-state index in [2.05, 4.69) is 47.8 Å². The van der Waals surface area contributed by atoms with Crippen molar-refractivity contribution in [3.05, 3.63) is 47.8 Å². The normalized spacial score (nSPS) is 12.5. The maximum absolute atomic E-state index is 4.08. The monoisotopic (exact) mass is 303 g/mol. The predicted molar refractivity (Wildman–Crippen MR) is 61.9 cm³/mol. The van der Waals surface area contributed by atoms with Crippen molar-refractivity contribution in [2.24, 2.45) is 0 Å². The molecule has 0 saturated carbocycles. The molecule has 0 aliphatic carbocycles.